The summed E-state index contributed by atoms with van der Waals surface area (Å²) in [5, 5.41) is 7.00. The second-order valence-electron chi connectivity index (χ2n) is 8.11. The van der Waals surface area contributed by atoms with Crippen LogP contribution in [0.3, 0.4) is 0 Å². The number of hydrogen-bond acceptors (Lipinski definition) is 9. The van der Waals surface area contributed by atoms with Crippen molar-refractivity contribution in [2.75, 3.05) is 63.1 Å². The average Bonchev–Trinajstić information content (AvgIpc) is 3.32. The Hall–Kier alpha value is -2.40. The number of carbonyl (C=O) groups excluding carboxylic acids is 1. The Balaban J connectivity index is 1.51. The summed E-state index contributed by atoms with van der Waals surface area (Å²) in [7, 11) is 2.13. The van der Waals surface area contributed by atoms with Gasteiger partial charge >= 0.3 is 0 Å². The molecule has 2 aromatic rings. The van der Waals surface area contributed by atoms with Crippen LogP contribution in [0.25, 0.3) is 0 Å². The number of carbonyl (C=O) groups is 1. The zero-order valence-corrected chi connectivity index (χ0v) is 19.2. The van der Waals surface area contributed by atoms with Crippen LogP contribution in [0.15, 0.2) is 40.4 Å². The Morgan fingerprint density at radius 2 is 2.19 bits per heavy atom. The van der Waals surface area contributed by atoms with E-state index in [1.165, 1.54) is 18.2 Å². The summed E-state index contributed by atoms with van der Waals surface area (Å²) >= 11 is 1.49. The fourth-order valence-electron chi connectivity index (χ4n) is 3.78. The van der Waals surface area contributed by atoms with E-state index in [9.17, 15) is 4.79 Å². The third-order valence-electron chi connectivity index (χ3n) is 5.61. The third-order valence-corrected chi connectivity index (χ3v) is 6.51. The van der Waals surface area contributed by atoms with Crippen molar-refractivity contribution < 1.29 is 9.53 Å². The van der Waals surface area contributed by atoms with Gasteiger partial charge in [-0.1, -0.05) is 17.8 Å². The van der Waals surface area contributed by atoms with E-state index in [1.807, 2.05) is 24.3 Å². The molecular formula is C22H31N7O2S. The highest BCUT2D eigenvalue weighted by atomic mass is 32.2. The van der Waals surface area contributed by atoms with Gasteiger partial charge in [0.15, 0.2) is 5.82 Å². The fourth-order valence-corrected chi connectivity index (χ4v) is 4.59. The number of aromatic nitrogens is 2. The summed E-state index contributed by atoms with van der Waals surface area (Å²) in [4.78, 5) is 26.7. The van der Waals surface area contributed by atoms with E-state index in [1.54, 1.807) is 6.20 Å². The predicted molar refractivity (Wildman–Crippen MR) is 127 cm³/mol. The van der Waals surface area contributed by atoms with Gasteiger partial charge < -0.3 is 30.9 Å². The average molecular weight is 458 g/mol. The van der Waals surface area contributed by atoms with E-state index in [0.29, 0.717) is 24.2 Å². The van der Waals surface area contributed by atoms with Crippen molar-refractivity contribution in [1.29, 1.82) is 0 Å². The Morgan fingerprint density at radius 3 is 2.94 bits per heavy atom. The van der Waals surface area contributed by atoms with Crippen LogP contribution in [0.1, 0.15) is 12.8 Å². The largest absolute Gasteiger partial charge is 0.473 e. The first-order valence-corrected chi connectivity index (χ1v) is 11.9. The van der Waals surface area contributed by atoms with Crippen LogP contribution in [-0.2, 0) is 4.79 Å². The van der Waals surface area contributed by atoms with Crippen molar-refractivity contribution in [2.24, 2.45) is 5.73 Å². The molecule has 0 radical (unpaired) electrons. The SMILES string of the molecule is CN1CCN(c2ncc(Sc3cccc(NC(=O)CN)c3)nc2OCC2CCCN2)CC1. The number of benzene rings is 1. The van der Waals surface area contributed by atoms with Crippen molar-refractivity contribution in [1.82, 2.24) is 20.2 Å². The molecule has 3 heterocycles. The van der Waals surface area contributed by atoms with Gasteiger partial charge in [-0.15, -0.1) is 0 Å². The minimum Gasteiger partial charge on any atom is -0.473 e. The molecule has 0 bridgehead atoms. The highest BCUT2D eigenvalue weighted by molar-refractivity contribution is 7.99. The zero-order chi connectivity index (χ0) is 22.3. The molecule has 2 aliphatic heterocycles. The maximum absolute atomic E-state index is 11.6. The summed E-state index contributed by atoms with van der Waals surface area (Å²) in [6.45, 7) is 5.36. The van der Waals surface area contributed by atoms with Gasteiger partial charge in [0.25, 0.3) is 5.88 Å². The van der Waals surface area contributed by atoms with Crippen molar-refractivity contribution in [2.45, 2.75) is 28.8 Å². The number of nitrogens with zero attached hydrogens (tertiary/aromatic N) is 4. The summed E-state index contributed by atoms with van der Waals surface area (Å²) < 4.78 is 6.19. The molecule has 1 unspecified atom stereocenters. The first-order chi connectivity index (χ1) is 15.6. The van der Waals surface area contributed by atoms with Crippen LogP contribution in [0.4, 0.5) is 11.5 Å². The Kier molecular flexibility index (Phi) is 7.80. The number of ether oxygens (including phenoxy) is 1. The normalized spacial score (nSPS) is 19.2. The van der Waals surface area contributed by atoms with Crippen LogP contribution < -0.4 is 26.0 Å². The molecular weight excluding hydrogens is 426 g/mol. The van der Waals surface area contributed by atoms with Gasteiger partial charge in [-0.2, -0.15) is 0 Å². The smallest absolute Gasteiger partial charge is 0.258 e. The molecule has 2 aliphatic rings. The second-order valence-corrected chi connectivity index (χ2v) is 9.21. The summed E-state index contributed by atoms with van der Waals surface area (Å²) in [5.74, 6) is 1.17. The lowest BCUT2D eigenvalue weighted by Crippen LogP contribution is -2.45. The van der Waals surface area contributed by atoms with E-state index in [2.05, 4.69) is 27.5 Å². The van der Waals surface area contributed by atoms with E-state index < -0.39 is 0 Å². The molecule has 10 heteroatoms. The lowest BCUT2D eigenvalue weighted by Gasteiger charge is -2.33. The van der Waals surface area contributed by atoms with Gasteiger partial charge in [0.1, 0.15) is 11.6 Å². The second kappa shape index (κ2) is 11.0. The summed E-state index contributed by atoms with van der Waals surface area (Å²) in [6, 6.07) is 7.96. The van der Waals surface area contributed by atoms with Crippen LogP contribution in [0.5, 0.6) is 5.88 Å². The molecule has 4 N–H and O–H groups in total. The fraction of sp³-hybridized carbons (Fsp3) is 0.500. The number of nitrogens with one attached hydrogen (secondary N) is 2. The molecule has 0 saturated carbocycles. The monoisotopic (exact) mass is 457 g/mol. The van der Waals surface area contributed by atoms with Gasteiger partial charge in [0.2, 0.25) is 5.91 Å². The molecule has 0 aliphatic carbocycles. The predicted octanol–water partition coefficient (Wildman–Crippen LogP) is 1.41. The van der Waals surface area contributed by atoms with Crippen molar-refractivity contribution in [3.8, 4) is 5.88 Å². The van der Waals surface area contributed by atoms with E-state index in [4.69, 9.17) is 20.4 Å². The number of rotatable bonds is 8. The van der Waals surface area contributed by atoms with E-state index in [0.717, 1.165) is 54.9 Å². The number of anilines is 2. The number of amides is 1. The third kappa shape index (κ3) is 6.10. The highest BCUT2D eigenvalue weighted by Gasteiger charge is 2.22. The zero-order valence-electron chi connectivity index (χ0n) is 18.4. The quantitative estimate of drug-likeness (QED) is 0.542. The molecule has 32 heavy (non-hydrogen) atoms. The van der Waals surface area contributed by atoms with Crippen LogP contribution in [0, 0.1) is 0 Å². The molecule has 172 valence electrons. The molecule has 4 rings (SSSR count). The first kappa shape index (κ1) is 22.8. The Morgan fingerprint density at radius 1 is 1.34 bits per heavy atom. The molecule has 9 nitrogen and oxygen atoms in total. The van der Waals surface area contributed by atoms with Gasteiger partial charge in [0.05, 0.1) is 12.7 Å². The van der Waals surface area contributed by atoms with Gasteiger partial charge in [-0.3, -0.25) is 4.79 Å². The molecule has 0 spiro atoms. The van der Waals surface area contributed by atoms with Crippen LogP contribution in [-0.4, -0.2) is 79.7 Å². The molecule has 1 aromatic heterocycles. The van der Waals surface area contributed by atoms with Crippen LogP contribution >= 0.6 is 11.8 Å². The molecule has 1 amide bonds. The molecule has 2 fully saturated rings. The van der Waals surface area contributed by atoms with E-state index >= 15 is 0 Å². The maximum atomic E-state index is 11.6. The van der Waals surface area contributed by atoms with Gasteiger partial charge in [-0.05, 0) is 44.6 Å². The number of piperazine rings is 1. The van der Waals surface area contributed by atoms with Crippen molar-refractivity contribution in [3.63, 3.8) is 0 Å². The molecule has 1 aromatic carbocycles. The highest BCUT2D eigenvalue weighted by Crippen LogP contribution is 2.32. The number of likely N-dealkylation sites (N-methyl/N-ethyl adjacent to an activating group) is 1. The van der Waals surface area contributed by atoms with Crippen LogP contribution in [0.2, 0.25) is 0 Å². The summed E-state index contributed by atoms with van der Waals surface area (Å²) in [6.07, 6.45) is 4.09. The lowest BCUT2D eigenvalue weighted by molar-refractivity contribution is -0.114. The van der Waals surface area contributed by atoms with Crippen molar-refractivity contribution >= 4 is 29.2 Å². The molecule has 1 atom stereocenters. The topological polar surface area (TPSA) is 109 Å². The van der Waals surface area contributed by atoms with E-state index in [-0.39, 0.29) is 12.5 Å². The molecule has 2 saturated heterocycles. The minimum atomic E-state index is -0.223. The van der Waals surface area contributed by atoms with Gasteiger partial charge in [0, 0.05) is 42.8 Å². The standard InChI is InChI=1S/C22H31N7O2S/c1-28-8-10-29(11-9-28)21-22(31-15-17-5-3-7-24-17)27-20(14-25-21)32-18-6-2-4-16(12-18)26-19(30)13-23/h2,4,6,12,14,17,24H,3,5,7-11,13,15,23H2,1H3,(H,26,30). The lowest BCUT2D eigenvalue weighted by atomic mass is 10.2. The summed E-state index contributed by atoms with van der Waals surface area (Å²) in [5.41, 5.74) is 6.10. The Bertz CT molecular complexity index is 915. The Labute approximate surface area is 193 Å². The minimum absolute atomic E-state index is 0.0485. The maximum Gasteiger partial charge on any atom is 0.258 e. The van der Waals surface area contributed by atoms with Gasteiger partial charge in [-0.25, -0.2) is 9.97 Å². The number of hydrogen-bond donors (Lipinski definition) is 3. The van der Waals surface area contributed by atoms with Crippen molar-refractivity contribution in [3.05, 3.63) is 30.5 Å². The number of nitrogens with two attached hydrogens (primary N) is 1. The first-order valence-electron chi connectivity index (χ1n) is 11.1.